The maximum Gasteiger partial charge on any atom is 0.0436 e. The molecule has 0 fully saturated rings. The van der Waals surface area contributed by atoms with Crippen molar-refractivity contribution in [2.45, 2.75) is 40.0 Å². The molecule has 0 saturated carbocycles. The lowest BCUT2D eigenvalue weighted by Gasteiger charge is -2.36. The van der Waals surface area contributed by atoms with E-state index in [0.717, 1.165) is 19.3 Å². The number of aliphatic hydroxyl groups is 2. The van der Waals surface area contributed by atoms with Gasteiger partial charge < -0.3 is 10.2 Å². The first kappa shape index (κ1) is 11.9. The van der Waals surface area contributed by atoms with E-state index in [4.69, 9.17) is 10.2 Å². The van der Waals surface area contributed by atoms with Gasteiger partial charge in [0.1, 0.15) is 0 Å². The van der Waals surface area contributed by atoms with Gasteiger partial charge in [-0.15, -0.1) is 0 Å². The summed E-state index contributed by atoms with van der Waals surface area (Å²) in [5.41, 5.74) is 0.142. The van der Waals surface area contributed by atoms with Gasteiger partial charge in [0.15, 0.2) is 0 Å². The highest BCUT2D eigenvalue weighted by atomic mass is 16.3. The van der Waals surface area contributed by atoms with Crippen LogP contribution in [0.1, 0.15) is 40.0 Å². The highest BCUT2D eigenvalue weighted by molar-refractivity contribution is 4.80. The van der Waals surface area contributed by atoms with Crippen molar-refractivity contribution in [3.8, 4) is 0 Å². The molecule has 0 rings (SSSR count). The fourth-order valence-electron chi connectivity index (χ4n) is 1.91. The van der Waals surface area contributed by atoms with Gasteiger partial charge in [-0.1, -0.05) is 27.2 Å². The Hall–Kier alpha value is -0.0800. The predicted octanol–water partition coefficient (Wildman–Crippen LogP) is 1.80. The highest BCUT2D eigenvalue weighted by Gasteiger charge is 2.30. The molecule has 0 atom stereocenters. The van der Waals surface area contributed by atoms with Gasteiger partial charge in [-0.3, -0.25) is 0 Å². The second-order valence-electron chi connectivity index (χ2n) is 3.82. The van der Waals surface area contributed by atoms with Crippen molar-refractivity contribution >= 4 is 0 Å². The summed E-state index contributed by atoms with van der Waals surface area (Å²) in [6.07, 6.45) is 2.65. The van der Waals surface area contributed by atoms with E-state index in [0.29, 0.717) is 5.92 Å². The van der Waals surface area contributed by atoms with E-state index >= 15 is 0 Å². The van der Waals surface area contributed by atoms with E-state index < -0.39 is 0 Å². The van der Waals surface area contributed by atoms with Crippen LogP contribution in [0.5, 0.6) is 0 Å². The average molecular weight is 174 g/mol. The van der Waals surface area contributed by atoms with Crippen LogP contribution in [-0.4, -0.2) is 23.4 Å². The van der Waals surface area contributed by atoms with E-state index in [1.165, 1.54) is 0 Å². The van der Waals surface area contributed by atoms with Gasteiger partial charge in [0.2, 0.25) is 0 Å². The Kier molecular flexibility index (Phi) is 5.51. The summed E-state index contributed by atoms with van der Waals surface area (Å²) in [4.78, 5) is 0. The van der Waals surface area contributed by atoms with Crippen molar-refractivity contribution in [2.24, 2.45) is 11.3 Å². The minimum absolute atomic E-state index is 0.142. The summed E-state index contributed by atoms with van der Waals surface area (Å²) < 4.78 is 0. The molecule has 0 unspecified atom stereocenters. The predicted molar refractivity (Wildman–Crippen MR) is 51.0 cm³/mol. The van der Waals surface area contributed by atoms with Gasteiger partial charge in [-0.2, -0.15) is 0 Å². The van der Waals surface area contributed by atoms with Gasteiger partial charge in [0.25, 0.3) is 0 Å². The van der Waals surface area contributed by atoms with Crippen LogP contribution in [0.15, 0.2) is 0 Å². The van der Waals surface area contributed by atoms with Crippen LogP contribution in [-0.2, 0) is 0 Å². The first-order valence-electron chi connectivity index (χ1n) is 4.84. The quantitative estimate of drug-likeness (QED) is 0.644. The van der Waals surface area contributed by atoms with Crippen LogP contribution in [0.2, 0.25) is 0 Å². The minimum Gasteiger partial charge on any atom is -0.396 e. The Balaban J connectivity index is 4.28. The zero-order valence-electron chi connectivity index (χ0n) is 8.51. The number of aliphatic hydroxyl groups excluding tert-OH is 2. The number of hydrogen-bond donors (Lipinski definition) is 2. The lowest BCUT2D eigenvalue weighted by atomic mass is 9.70. The molecule has 2 nitrogen and oxygen atoms in total. The molecule has 0 aliphatic rings. The highest BCUT2D eigenvalue weighted by Crippen LogP contribution is 2.38. The maximum atomic E-state index is 8.93. The monoisotopic (exact) mass is 174 g/mol. The third kappa shape index (κ3) is 2.76. The van der Waals surface area contributed by atoms with Crippen molar-refractivity contribution < 1.29 is 10.2 Å². The van der Waals surface area contributed by atoms with Crippen molar-refractivity contribution in [3.63, 3.8) is 0 Å². The molecule has 0 aromatic rings. The van der Waals surface area contributed by atoms with E-state index in [1.54, 1.807) is 0 Å². The third-order valence-electron chi connectivity index (χ3n) is 3.15. The zero-order valence-corrected chi connectivity index (χ0v) is 8.51. The Labute approximate surface area is 75.6 Å². The van der Waals surface area contributed by atoms with Gasteiger partial charge in [0, 0.05) is 13.2 Å². The summed E-state index contributed by atoms with van der Waals surface area (Å²) in [5, 5.41) is 17.9. The van der Waals surface area contributed by atoms with E-state index in [1.807, 2.05) is 0 Å². The molecule has 0 aromatic heterocycles. The fraction of sp³-hybridized carbons (Fsp3) is 1.00. The average Bonchev–Trinajstić information content (AvgIpc) is 2.03. The lowest BCUT2D eigenvalue weighted by molar-refractivity contribution is 0.0823. The molecule has 0 aromatic carbocycles. The van der Waals surface area contributed by atoms with Gasteiger partial charge in [0.05, 0.1) is 0 Å². The van der Waals surface area contributed by atoms with Crippen molar-refractivity contribution in [2.75, 3.05) is 13.2 Å². The molecule has 0 radical (unpaired) electrons. The second kappa shape index (κ2) is 5.55. The molecule has 0 amide bonds. The smallest absolute Gasteiger partial charge is 0.0436 e. The van der Waals surface area contributed by atoms with Crippen LogP contribution in [0.4, 0.5) is 0 Å². The normalized spacial score (nSPS) is 12.5. The summed E-state index contributed by atoms with van der Waals surface area (Å²) >= 11 is 0. The van der Waals surface area contributed by atoms with Gasteiger partial charge >= 0.3 is 0 Å². The first-order valence-corrected chi connectivity index (χ1v) is 4.84. The molecule has 0 saturated heterocycles. The Bertz CT molecular complexity index is 104. The van der Waals surface area contributed by atoms with Crippen molar-refractivity contribution in [1.82, 2.24) is 0 Å². The summed E-state index contributed by atoms with van der Waals surface area (Å²) in [5.74, 6) is 0.529. The molecule has 2 heteroatoms. The summed E-state index contributed by atoms with van der Waals surface area (Å²) in [7, 11) is 0. The van der Waals surface area contributed by atoms with Crippen LogP contribution in [0.3, 0.4) is 0 Å². The Morgan fingerprint density at radius 3 is 1.67 bits per heavy atom. The molecule has 0 bridgehead atoms. The number of hydrogen-bond acceptors (Lipinski definition) is 2. The summed E-state index contributed by atoms with van der Waals surface area (Å²) in [6, 6.07) is 0. The molecule has 0 aliphatic carbocycles. The van der Waals surface area contributed by atoms with Crippen LogP contribution < -0.4 is 0 Å². The Morgan fingerprint density at radius 2 is 1.50 bits per heavy atom. The minimum atomic E-state index is 0.142. The van der Waals surface area contributed by atoms with Crippen LogP contribution in [0.25, 0.3) is 0 Å². The van der Waals surface area contributed by atoms with Gasteiger partial charge in [-0.05, 0) is 24.2 Å². The lowest BCUT2D eigenvalue weighted by Crippen LogP contribution is -2.29. The molecule has 0 spiro atoms. The maximum absolute atomic E-state index is 8.93. The number of rotatable bonds is 6. The molecule has 2 N–H and O–H groups in total. The SMILES string of the molecule is CCC(CCO)(CCO)C(C)C. The van der Waals surface area contributed by atoms with E-state index in [2.05, 4.69) is 20.8 Å². The van der Waals surface area contributed by atoms with Crippen molar-refractivity contribution in [3.05, 3.63) is 0 Å². The summed E-state index contributed by atoms with van der Waals surface area (Å²) in [6.45, 7) is 6.91. The van der Waals surface area contributed by atoms with E-state index in [9.17, 15) is 0 Å². The van der Waals surface area contributed by atoms with Crippen molar-refractivity contribution in [1.29, 1.82) is 0 Å². The zero-order chi connectivity index (χ0) is 9.61. The fourth-order valence-corrected chi connectivity index (χ4v) is 1.91. The standard InChI is InChI=1S/C10H22O2/c1-4-10(5-7-11,6-8-12)9(2)3/h9,11-12H,4-8H2,1-3H3. The third-order valence-corrected chi connectivity index (χ3v) is 3.15. The largest absolute Gasteiger partial charge is 0.396 e. The molecule has 74 valence electrons. The molecule has 0 aliphatic heterocycles. The molecular weight excluding hydrogens is 152 g/mol. The molecular formula is C10H22O2. The topological polar surface area (TPSA) is 40.5 Å². The van der Waals surface area contributed by atoms with Crippen LogP contribution >= 0.6 is 0 Å². The first-order chi connectivity index (χ1) is 5.63. The van der Waals surface area contributed by atoms with Crippen LogP contribution in [0, 0.1) is 11.3 Å². The molecule has 0 heterocycles. The van der Waals surface area contributed by atoms with E-state index in [-0.39, 0.29) is 18.6 Å². The Morgan fingerprint density at radius 1 is 1.08 bits per heavy atom. The van der Waals surface area contributed by atoms with Gasteiger partial charge in [-0.25, -0.2) is 0 Å². The second-order valence-corrected chi connectivity index (χ2v) is 3.82. The molecule has 12 heavy (non-hydrogen) atoms.